The first kappa shape index (κ1) is 29.4. The van der Waals surface area contributed by atoms with Crippen LogP contribution in [0.2, 0.25) is 0 Å². The summed E-state index contributed by atoms with van der Waals surface area (Å²) in [6.07, 6.45) is 3.30. The summed E-state index contributed by atoms with van der Waals surface area (Å²) in [6.45, 7) is 10.5. The van der Waals surface area contributed by atoms with Gasteiger partial charge in [-0.2, -0.15) is 0 Å². The molecule has 0 unspecified atom stereocenters. The Labute approximate surface area is 216 Å². The number of amides is 2. The number of sulfonamides is 1. The summed E-state index contributed by atoms with van der Waals surface area (Å²) in [6, 6.07) is 15.9. The quantitative estimate of drug-likeness (QED) is 0.423. The highest BCUT2D eigenvalue weighted by Gasteiger charge is 2.31. The van der Waals surface area contributed by atoms with E-state index in [2.05, 4.69) is 26.1 Å². The van der Waals surface area contributed by atoms with E-state index < -0.39 is 22.0 Å². The van der Waals surface area contributed by atoms with E-state index in [1.807, 2.05) is 56.3 Å². The number of anilines is 1. The maximum atomic E-state index is 13.7. The fourth-order valence-electron chi connectivity index (χ4n) is 3.95. The van der Waals surface area contributed by atoms with Gasteiger partial charge < -0.3 is 10.2 Å². The minimum absolute atomic E-state index is 0.0871. The molecule has 0 radical (unpaired) electrons. The fourth-order valence-corrected chi connectivity index (χ4v) is 4.80. The lowest BCUT2D eigenvalue weighted by Gasteiger charge is -2.33. The molecule has 0 aliphatic rings. The molecule has 0 aromatic heterocycles. The van der Waals surface area contributed by atoms with Crippen LogP contribution >= 0.6 is 0 Å². The van der Waals surface area contributed by atoms with Gasteiger partial charge in [-0.3, -0.25) is 13.9 Å². The minimum atomic E-state index is -3.75. The lowest BCUT2D eigenvalue weighted by Crippen LogP contribution is -2.52. The van der Waals surface area contributed by atoms with E-state index in [1.165, 1.54) is 4.90 Å². The standard InChI is InChI=1S/C28H41N3O4S/c1-7-9-19-29-27(33)25(8-2)30(20-22-13-11-10-12-14-22)26(32)21-31(36(6,34)35)24-17-15-23(16-18-24)28(3,4)5/h10-18,25H,7-9,19-21H2,1-6H3,(H,29,33)/t25-/m0/s1. The van der Waals surface area contributed by atoms with E-state index in [1.54, 1.807) is 12.1 Å². The molecule has 7 nitrogen and oxygen atoms in total. The number of carbonyl (C=O) groups is 2. The molecule has 0 aliphatic heterocycles. The fraction of sp³-hybridized carbons (Fsp3) is 0.500. The molecule has 36 heavy (non-hydrogen) atoms. The van der Waals surface area contributed by atoms with Gasteiger partial charge in [0.1, 0.15) is 12.6 Å². The Morgan fingerprint density at radius 3 is 2.08 bits per heavy atom. The molecule has 0 aliphatic carbocycles. The largest absolute Gasteiger partial charge is 0.354 e. The van der Waals surface area contributed by atoms with E-state index in [-0.39, 0.29) is 24.4 Å². The highest BCUT2D eigenvalue weighted by atomic mass is 32.2. The van der Waals surface area contributed by atoms with Crippen molar-refractivity contribution in [2.45, 2.75) is 71.9 Å². The molecular weight excluding hydrogens is 474 g/mol. The van der Waals surface area contributed by atoms with Gasteiger partial charge in [-0.05, 0) is 41.5 Å². The van der Waals surface area contributed by atoms with Crippen molar-refractivity contribution in [1.82, 2.24) is 10.2 Å². The highest BCUT2D eigenvalue weighted by Crippen LogP contribution is 2.26. The third kappa shape index (κ3) is 8.36. The Kier molecular flexibility index (Phi) is 10.5. The second kappa shape index (κ2) is 12.9. The van der Waals surface area contributed by atoms with E-state index in [0.717, 1.165) is 34.5 Å². The van der Waals surface area contributed by atoms with Crippen LogP contribution in [0.4, 0.5) is 5.69 Å². The highest BCUT2D eigenvalue weighted by molar-refractivity contribution is 7.92. The molecule has 0 spiro atoms. The Hall–Kier alpha value is -2.87. The first-order valence-electron chi connectivity index (χ1n) is 12.6. The number of rotatable bonds is 12. The van der Waals surface area contributed by atoms with E-state index >= 15 is 0 Å². The molecule has 0 saturated heterocycles. The average Bonchev–Trinajstić information content (AvgIpc) is 2.82. The van der Waals surface area contributed by atoms with Crippen LogP contribution in [0.25, 0.3) is 0 Å². The second-order valence-corrected chi connectivity index (χ2v) is 12.0. The molecule has 198 valence electrons. The number of nitrogens with one attached hydrogen (secondary N) is 1. The molecule has 2 aromatic carbocycles. The van der Waals surface area contributed by atoms with Crippen LogP contribution in [0.1, 0.15) is 65.0 Å². The SMILES string of the molecule is CCCCNC(=O)[C@H](CC)N(Cc1ccccc1)C(=O)CN(c1ccc(C(C)(C)C)cc1)S(C)(=O)=O. The van der Waals surface area contributed by atoms with Gasteiger partial charge >= 0.3 is 0 Å². The Morgan fingerprint density at radius 2 is 1.58 bits per heavy atom. The smallest absolute Gasteiger partial charge is 0.244 e. The zero-order valence-corrected chi connectivity index (χ0v) is 23.3. The van der Waals surface area contributed by atoms with Gasteiger partial charge in [0, 0.05) is 13.1 Å². The molecule has 0 fully saturated rings. The average molecular weight is 516 g/mol. The van der Waals surface area contributed by atoms with Gasteiger partial charge in [0.25, 0.3) is 0 Å². The van der Waals surface area contributed by atoms with Gasteiger partial charge in [0.15, 0.2) is 0 Å². The van der Waals surface area contributed by atoms with E-state index in [9.17, 15) is 18.0 Å². The summed E-state index contributed by atoms with van der Waals surface area (Å²) >= 11 is 0. The Balaban J connectivity index is 2.38. The van der Waals surface area contributed by atoms with Gasteiger partial charge in [-0.1, -0.05) is 83.5 Å². The van der Waals surface area contributed by atoms with Crippen molar-refractivity contribution < 1.29 is 18.0 Å². The Morgan fingerprint density at radius 1 is 0.972 bits per heavy atom. The van der Waals surface area contributed by atoms with Crippen molar-refractivity contribution >= 4 is 27.5 Å². The van der Waals surface area contributed by atoms with Crippen molar-refractivity contribution in [3.05, 3.63) is 65.7 Å². The molecule has 2 aromatic rings. The normalized spacial score (nSPS) is 12.6. The summed E-state index contributed by atoms with van der Waals surface area (Å²) in [7, 11) is -3.75. The molecular formula is C28H41N3O4S. The van der Waals surface area contributed by atoms with Gasteiger partial charge in [-0.25, -0.2) is 8.42 Å². The second-order valence-electron chi connectivity index (χ2n) is 10.1. The van der Waals surface area contributed by atoms with Crippen LogP contribution in [0.5, 0.6) is 0 Å². The molecule has 2 amide bonds. The zero-order valence-electron chi connectivity index (χ0n) is 22.5. The minimum Gasteiger partial charge on any atom is -0.354 e. The van der Waals surface area contributed by atoms with Crippen molar-refractivity contribution in [3.63, 3.8) is 0 Å². The topological polar surface area (TPSA) is 86.8 Å². The molecule has 0 saturated carbocycles. The van der Waals surface area contributed by atoms with E-state index in [4.69, 9.17) is 0 Å². The predicted molar refractivity (Wildman–Crippen MR) is 146 cm³/mol. The summed E-state index contributed by atoms with van der Waals surface area (Å²) in [5.74, 6) is -0.655. The van der Waals surface area contributed by atoms with E-state index in [0.29, 0.717) is 18.7 Å². The summed E-state index contributed by atoms with van der Waals surface area (Å²) in [5.41, 5.74) is 2.26. The van der Waals surface area contributed by atoms with Crippen LogP contribution in [-0.4, -0.2) is 50.5 Å². The summed E-state index contributed by atoms with van der Waals surface area (Å²) in [5, 5.41) is 2.93. The van der Waals surface area contributed by atoms with Crippen LogP contribution in [0, 0.1) is 0 Å². The maximum absolute atomic E-state index is 13.7. The van der Waals surface area contributed by atoms with Crippen LogP contribution in [0.15, 0.2) is 54.6 Å². The number of hydrogen-bond donors (Lipinski definition) is 1. The number of benzene rings is 2. The van der Waals surface area contributed by atoms with Crippen molar-refractivity contribution in [1.29, 1.82) is 0 Å². The first-order chi connectivity index (χ1) is 16.9. The first-order valence-corrected chi connectivity index (χ1v) is 14.4. The molecule has 1 N–H and O–H groups in total. The monoisotopic (exact) mass is 515 g/mol. The van der Waals surface area contributed by atoms with Gasteiger partial charge in [0.2, 0.25) is 21.8 Å². The predicted octanol–water partition coefficient (Wildman–Crippen LogP) is 4.47. The molecule has 2 rings (SSSR count). The van der Waals surface area contributed by atoms with Crippen LogP contribution in [0.3, 0.4) is 0 Å². The number of carbonyl (C=O) groups excluding carboxylic acids is 2. The maximum Gasteiger partial charge on any atom is 0.244 e. The van der Waals surface area contributed by atoms with Crippen molar-refractivity contribution in [3.8, 4) is 0 Å². The number of nitrogens with zero attached hydrogens (tertiary/aromatic N) is 2. The lowest BCUT2D eigenvalue weighted by atomic mass is 9.87. The third-order valence-corrected chi connectivity index (χ3v) is 7.25. The van der Waals surface area contributed by atoms with Crippen molar-refractivity contribution in [2.24, 2.45) is 0 Å². The van der Waals surface area contributed by atoms with Crippen LogP contribution < -0.4 is 9.62 Å². The van der Waals surface area contributed by atoms with Gasteiger partial charge in [-0.15, -0.1) is 0 Å². The Bertz CT molecular complexity index is 1090. The number of unbranched alkanes of at least 4 members (excludes halogenated alkanes) is 1. The molecule has 8 heteroatoms. The lowest BCUT2D eigenvalue weighted by molar-refractivity contribution is -0.140. The summed E-state index contributed by atoms with van der Waals surface area (Å²) in [4.78, 5) is 28.2. The molecule has 0 heterocycles. The van der Waals surface area contributed by atoms with Crippen molar-refractivity contribution in [2.75, 3.05) is 23.7 Å². The zero-order chi connectivity index (χ0) is 26.9. The summed E-state index contributed by atoms with van der Waals surface area (Å²) < 4.78 is 26.6. The molecule has 0 bridgehead atoms. The van der Waals surface area contributed by atoms with Gasteiger partial charge in [0.05, 0.1) is 11.9 Å². The number of hydrogen-bond acceptors (Lipinski definition) is 4. The van der Waals surface area contributed by atoms with Crippen LogP contribution in [-0.2, 0) is 31.6 Å². The molecule has 1 atom stereocenters. The third-order valence-electron chi connectivity index (χ3n) is 6.11.